The highest BCUT2D eigenvalue weighted by molar-refractivity contribution is 7.92. The first-order chi connectivity index (χ1) is 12.1. The van der Waals surface area contributed by atoms with Crippen LogP contribution in [-0.4, -0.2) is 27.0 Å². The van der Waals surface area contributed by atoms with Crippen molar-refractivity contribution in [1.29, 1.82) is 0 Å². The predicted octanol–water partition coefficient (Wildman–Crippen LogP) is 2.43. The van der Waals surface area contributed by atoms with Crippen LogP contribution in [0.4, 0.5) is 5.69 Å². The Hall–Kier alpha value is -2.54. The zero-order valence-electron chi connectivity index (χ0n) is 15.0. The maximum Gasteiger partial charge on any atom is 0.264 e. The van der Waals surface area contributed by atoms with E-state index in [0.29, 0.717) is 11.4 Å². The molecule has 0 bridgehead atoms. The average molecular weight is 374 g/mol. The Morgan fingerprint density at radius 1 is 1.15 bits per heavy atom. The Labute approximate surface area is 153 Å². The smallest absolute Gasteiger partial charge is 0.264 e. The van der Waals surface area contributed by atoms with Crippen molar-refractivity contribution >= 4 is 21.6 Å². The summed E-state index contributed by atoms with van der Waals surface area (Å²) in [7, 11) is -3.86. The molecule has 1 aliphatic rings. The number of hydrogen-bond donors (Lipinski definition) is 1. The van der Waals surface area contributed by atoms with E-state index < -0.39 is 22.0 Å². The topological polar surface area (TPSA) is 89.7 Å². The van der Waals surface area contributed by atoms with E-state index in [0.717, 1.165) is 5.56 Å². The molecule has 0 unspecified atom stereocenters. The van der Waals surface area contributed by atoms with E-state index >= 15 is 0 Å². The summed E-state index contributed by atoms with van der Waals surface area (Å²) in [5.41, 5.74) is 6.59. The van der Waals surface area contributed by atoms with Gasteiger partial charge in [-0.1, -0.05) is 45.0 Å². The van der Waals surface area contributed by atoms with Crippen LogP contribution in [0.2, 0.25) is 0 Å². The molecule has 3 rings (SSSR count). The summed E-state index contributed by atoms with van der Waals surface area (Å²) in [4.78, 5) is 11.8. The van der Waals surface area contributed by atoms with Gasteiger partial charge in [-0.05, 0) is 35.2 Å². The third-order valence-electron chi connectivity index (χ3n) is 4.34. The van der Waals surface area contributed by atoms with E-state index in [-0.39, 0.29) is 16.9 Å². The first kappa shape index (κ1) is 18.3. The molecular weight excluding hydrogens is 352 g/mol. The first-order valence-electron chi connectivity index (χ1n) is 8.29. The van der Waals surface area contributed by atoms with E-state index in [4.69, 9.17) is 10.5 Å². The van der Waals surface area contributed by atoms with Crippen molar-refractivity contribution < 1.29 is 17.9 Å². The fraction of sp³-hybridized carbons (Fsp3) is 0.316. The Balaban J connectivity index is 2.17. The van der Waals surface area contributed by atoms with Gasteiger partial charge >= 0.3 is 0 Å². The summed E-state index contributed by atoms with van der Waals surface area (Å²) < 4.78 is 33.3. The number of primary amides is 1. The van der Waals surface area contributed by atoms with Gasteiger partial charge in [0.05, 0.1) is 17.1 Å². The molecule has 0 saturated heterocycles. The van der Waals surface area contributed by atoms with Gasteiger partial charge in [-0.15, -0.1) is 0 Å². The predicted molar refractivity (Wildman–Crippen MR) is 99.7 cm³/mol. The van der Waals surface area contributed by atoms with Crippen LogP contribution in [0.15, 0.2) is 53.4 Å². The van der Waals surface area contributed by atoms with Crippen LogP contribution >= 0.6 is 0 Å². The summed E-state index contributed by atoms with van der Waals surface area (Å²) >= 11 is 0. The van der Waals surface area contributed by atoms with Crippen molar-refractivity contribution in [3.63, 3.8) is 0 Å². The van der Waals surface area contributed by atoms with Crippen LogP contribution in [0.1, 0.15) is 26.3 Å². The zero-order valence-corrected chi connectivity index (χ0v) is 15.8. The monoisotopic (exact) mass is 374 g/mol. The second kappa shape index (κ2) is 6.32. The Bertz CT molecular complexity index is 934. The molecule has 0 saturated carbocycles. The van der Waals surface area contributed by atoms with Crippen LogP contribution < -0.4 is 14.8 Å². The molecule has 0 radical (unpaired) electrons. The molecule has 0 aliphatic carbocycles. The third kappa shape index (κ3) is 3.26. The normalized spacial score (nSPS) is 17.3. The molecule has 7 heteroatoms. The number of fused-ring (bicyclic) bond motifs is 1. The summed E-state index contributed by atoms with van der Waals surface area (Å²) in [6.07, 6.45) is -1.04. The maximum atomic E-state index is 13.2. The molecule has 2 aromatic carbocycles. The minimum Gasteiger partial charge on any atom is -0.476 e. The molecule has 138 valence electrons. The molecule has 1 atom stereocenters. The lowest BCUT2D eigenvalue weighted by atomic mass is 9.86. The second-order valence-corrected chi connectivity index (χ2v) is 9.15. The molecule has 0 aromatic heterocycles. The number of hydrogen-bond acceptors (Lipinski definition) is 4. The van der Waals surface area contributed by atoms with Gasteiger partial charge in [0.2, 0.25) is 0 Å². The standard InChI is InChI=1S/C19H22N2O4S/c1-19(2,3)13-9-10-16-15(11-13)21(12-17(25-16)18(20)22)26(23,24)14-7-5-4-6-8-14/h4-11,17H,12H2,1-3H3,(H2,20,22)/t17-/m1/s1. The highest BCUT2D eigenvalue weighted by atomic mass is 32.2. The van der Waals surface area contributed by atoms with Crippen molar-refractivity contribution in [3.8, 4) is 5.75 Å². The number of rotatable bonds is 3. The van der Waals surface area contributed by atoms with Crippen LogP contribution in [0, 0.1) is 0 Å². The Kier molecular flexibility index (Phi) is 4.44. The SMILES string of the molecule is CC(C)(C)c1ccc2c(c1)N(S(=O)(=O)c1ccccc1)C[C@H](C(N)=O)O2. The van der Waals surface area contributed by atoms with Gasteiger partial charge < -0.3 is 10.5 Å². The quantitative estimate of drug-likeness (QED) is 0.893. The molecule has 2 aromatic rings. The van der Waals surface area contributed by atoms with Crippen molar-refractivity contribution in [2.75, 3.05) is 10.8 Å². The van der Waals surface area contributed by atoms with E-state index in [2.05, 4.69) is 0 Å². The molecule has 0 spiro atoms. The summed E-state index contributed by atoms with van der Waals surface area (Å²) in [6.45, 7) is 5.97. The fourth-order valence-electron chi connectivity index (χ4n) is 2.81. The van der Waals surface area contributed by atoms with Crippen molar-refractivity contribution in [1.82, 2.24) is 0 Å². The van der Waals surface area contributed by atoms with Gasteiger partial charge in [-0.2, -0.15) is 0 Å². The number of amides is 1. The molecule has 1 amide bonds. The summed E-state index contributed by atoms with van der Waals surface area (Å²) in [6, 6.07) is 13.5. The highest BCUT2D eigenvalue weighted by Crippen LogP contribution is 2.39. The minimum atomic E-state index is -3.86. The lowest BCUT2D eigenvalue weighted by Crippen LogP contribution is -2.49. The van der Waals surface area contributed by atoms with Crippen LogP contribution in [0.3, 0.4) is 0 Å². The van der Waals surface area contributed by atoms with Crippen LogP contribution in [0.25, 0.3) is 0 Å². The number of ether oxygens (including phenoxy) is 1. The van der Waals surface area contributed by atoms with Gasteiger partial charge in [-0.25, -0.2) is 8.42 Å². The molecular formula is C19H22N2O4S. The second-order valence-electron chi connectivity index (χ2n) is 7.29. The molecule has 2 N–H and O–H groups in total. The largest absolute Gasteiger partial charge is 0.476 e. The van der Waals surface area contributed by atoms with Crippen molar-refractivity contribution in [2.24, 2.45) is 5.73 Å². The van der Waals surface area contributed by atoms with Crippen molar-refractivity contribution in [2.45, 2.75) is 37.2 Å². The lowest BCUT2D eigenvalue weighted by Gasteiger charge is -2.35. The van der Waals surface area contributed by atoms with Crippen LogP contribution in [-0.2, 0) is 20.2 Å². The Morgan fingerprint density at radius 2 is 1.81 bits per heavy atom. The van der Waals surface area contributed by atoms with Gasteiger partial charge in [0.25, 0.3) is 15.9 Å². The first-order valence-corrected chi connectivity index (χ1v) is 9.73. The molecule has 1 aliphatic heterocycles. The fourth-order valence-corrected chi connectivity index (χ4v) is 4.30. The van der Waals surface area contributed by atoms with E-state index in [1.54, 1.807) is 30.3 Å². The van der Waals surface area contributed by atoms with Gasteiger partial charge in [-0.3, -0.25) is 9.10 Å². The Morgan fingerprint density at radius 3 is 2.38 bits per heavy atom. The lowest BCUT2D eigenvalue weighted by molar-refractivity contribution is -0.124. The molecule has 0 fully saturated rings. The van der Waals surface area contributed by atoms with Gasteiger partial charge in [0.1, 0.15) is 5.75 Å². The number of anilines is 1. The molecule has 6 nitrogen and oxygen atoms in total. The maximum absolute atomic E-state index is 13.2. The number of sulfonamides is 1. The molecule has 26 heavy (non-hydrogen) atoms. The molecule has 1 heterocycles. The third-order valence-corrected chi connectivity index (χ3v) is 6.14. The number of benzene rings is 2. The van der Waals surface area contributed by atoms with E-state index in [9.17, 15) is 13.2 Å². The number of nitrogens with zero attached hydrogens (tertiary/aromatic N) is 1. The van der Waals surface area contributed by atoms with Gasteiger partial charge in [0.15, 0.2) is 6.10 Å². The number of carbonyl (C=O) groups is 1. The summed E-state index contributed by atoms with van der Waals surface area (Å²) in [5, 5.41) is 0. The van der Waals surface area contributed by atoms with Gasteiger partial charge in [0, 0.05) is 0 Å². The zero-order chi connectivity index (χ0) is 19.1. The van der Waals surface area contributed by atoms with E-state index in [1.165, 1.54) is 16.4 Å². The number of carbonyl (C=O) groups excluding carboxylic acids is 1. The minimum absolute atomic E-state index is 0.150. The van der Waals surface area contributed by atoms with E-state index in [1.807, 2.05) is 26.8 Å². The highest BCUT2D eigenvalue weighted by Gasteiger charge is 2.37. The number of nitrogens with two attached hydrogens (primary N) is 1. The van der Waals surface area contributed by atoms with Crippen molar-refractivity contribution in [3.05, 3.63) is 54.1 Å². The van der Waals surface area contributed by atoms with Crippen LogP contribution in [0.5, 0.6) is 5.75 Å². The average Bonchev–Trinajstić information content (AvgIpc) is 2.60. The summed E-state index contributed by atoms with van der Waals surface area (Å²) in [5.74, 6) is -0.378.